The van der Waals surface area contributed by atoms with Crippen molar-refractivity contribution in [3.05, 3.63) is 33.8 Å². The zero-order valence-corrected chi connectivity index (χ0v) is 14.5. The molecule has 0 radical (unpaired) electrons. The number of amides is 1. The van der Waals surface area contributed by atoms with Crippen LogP contribution in [0.4, 0.5) is 0 Å². The molecule has 1 saturated heterocycles. The molecule has 1 fully saturated rings. The van der Waals surface area contributed by atoms with Crippen LogP contribution in [0.5, 0.6) is 0 Å². The zero-order valence-electron chi connectivity index (χ0n) is 13.0. The number of nitrogens with one attached hydrogen (secondary N) is 1. The summed E-state index contributed by atoms with van der Waals surface area (Å²) in [7, 11) is 0. The van der Waals surface area contributed by atoms with Gasteiger partial charge in [0.2, 0.25) is 0 Å². The molecule has 0 saturated carbocycles. The minimum atomic E-state index is -0.0429. The van der Waals surface area contributed by atoms with Gasteiger partial charge in [-0.1, -0.05) is 13.8 Å². The van der Waals surface area contributed by atoms with E-state index in [0.717, 1.165) is 12.1 Å². The summed E-state index contributed by atoms with van der Waals surface area (Å²) in [5, 5.41) is 20.2. The predicted octanol–water partition coefficient (Wildman–Crippen LogP) is 2.45. The Morgan fingerprint density at radius 1 is 1.57 bits per heavy atom. The average Bonchev–Trinajstić information content (AvgIpc) is 3.25. The molecule has 3 rings (SSSR count). The van der Waals surface area contributed by atoms with Crippen LogP contribution in [0.1, 0.15) is 54.1 Å². The Labute approximate surface area is 142 Å². The maximum absolute atomic E-state index is 12.6. The highest BCUT2D eigenvalue weighted by Gasteiger charge is 2.30. The van der Waals surface area contributed by atoms with Gasteiger partial charge in [0.05, 0.1) is 16.2 Å². The number of carbonyl (C=O) groups excluding carboxylic acids is 1. The molecule has 0 spiro atoms. The van der Waals surface area contributed by atoms with Crippen molar-refractivity contribution >= 4 is 21.8 Å². The van der Waals surface area contributed by atoms with E-state index in [0.29, 0.717) is 29.0 Å². The fourth-order valence-corrected chi connectivity index (χ4v) is 3.07. The number of aromatic amines is 1. The van der Waals surface area contributed by atoms with Gasteiger partial charge in [-0.2, -0.15) is 15.5 Å². The van der Waals surface area contributed by atoms with Gasteiger partial charge in [0.15, 0.2) is 5.69 Å². The molecule has 0 bridgehead atoms. The lowest BCUT2D eigenvalue weighted by molar-refractivity contribution is 0.0781. The van der Waals surface area contributed by atoms with Crippen molar-refractivity contribution in [1.82, 2.24) is 24.9 Å². The van der Waals surface area contributed by atoms with Crippen LogP contribution < -0.4 is 0 Å². The summed E-state index contributed by atoms with van der Waals surface area (Å²) < 4.78 is 2.45. The molecule has 0 aliphatic carbocycles. The molecule has 2 aromatic heterocycles. The summed E-state index contributed by atoms with van der Waals surface area (Å²) >= 11 is 3.32. The van der Waals surface area contributed by atoms with Gasteiger partial charge in [-0.15, -0.1) is 0 Å². The summed E-state index contributed by atoms with van der Waals surface area (Å²) in [4.78, 5) is 14.3. The number of likely N-dealkylation sites (tertiary alicyclic amines) is 1. The van der Waals surface area contributed by atoms with E-state index in [1.54, 1.807) is 15.8 Å². The monoisotopic (exact) mass is 376 g/mol. The molecule has 7 nitrogen and oxygen atoms in total. The van der Waals surface area contributed by atoms with Crippen LogP contribution in [0, 0.1) is 11.3 Å². The number of halogens is 1. The van der Waals surface area contributed by atoms with E-state index in [1.165, 1.54) is 0 Å². The quantitative estimate of drug-likeness (QED) is 0.890. The van der Waals surface area contributed by atoms with Gasteiger partial charge in [0.25, 0.3) is 5.91 Å². The third-order valence-electron chi connectivity index (χ3n) is 4.04. The summed E-state index contributed by atoms with van der Waals surface area (Å²) in [6.07, 6.45) is 2.61. The first kappa shape index (κ1) is 15.7. The minimum Gasteiger partial charge on any atom is -0.335 e. The molecule has 1 amide bonds. The van der Waals surface area contributed by atoms with Crippen molar-refractivity contribution in [2.75, 3.05) is 13.1 Å². The van der Waals surface area contributed by atoms with Crippen LogP contribution in [-0.2, 0) is 0 Å². The molecule has 1 aliphatic heterocycles. The first-order chi connectivity index (χ1) is 11.0. The van der Waals surface area contributed by atoms with Gasteiger partial charge < -0.3 is 4.90 Å². The molecule has 23 heavy (non-hydrogen) atoms. The second-order valence-electron chi connectivity index (χ2n) is 5.97. The maximum atomic E-state index is 12.6. The minimum absolute atomic E-state index is 0.0429. The smallest absolute Gasteiger partial charge is 0.271 e. The second-order valence-corrected chi connectivity index (χ2v) is 6.83. The predicted molar refractivity (Wildman–Crippen MR) is 86.9 cm³/mol. The Morgan fingerprint density at radius 3 is 2.96 bits per heavy atom. The fraction of sp³-hybridized carbons (Fsp3) is 0.467. The van der Waals surface area contributed by atoms with E-state index < -0.39 is 0 Å². The van der Waals surface area contributed by atoms with E-state index in [9.17, 15) is 4.79 Å². The van der Waals surface area contributed by atoms with Crippen LogP contribution in [0.25, 0.3) is 0 Å². The van der Waals surface area contributed by atoms with Gasteiger partial charge in [-0.05, 0) is 34.3 Å². The van der Waals surface area contributed by atoms with Gasteiger partial charge >= 0.3 is 0 Å². The number of hydrogen-bond donors (Lipinski definition) is 1. The van der Waals surface area contributed by atoms with Gasteiger partial charge in [0.1, 0.15) is 11.8 Å². The van der Waals surface area contributed by atoms with E-state index in [1.807, 2.05) is 26.0 Å². The summed E-state index contributed by atoms with van der Waals surface area (Å²) in [6, 6.07) is 3.95. The molecular weight excluding hydrogens is 360 g/mol. The molecule has 0 aromatic carbocycles. The van der Waals surface area contributed by atoms with Crippen molar-refractivity contribution in [2.24, 2.45) is 0 Å². The Morgan fingerprint density at radius 2 is 2.35 bits per heavy atom. The number of aromatic nitrogens is 4. The van der Waals surface area contributed by atoms with Crippen LogP contribution in [0.15, 0.2) is 16.7 Å². The van der Waals surface area contributed by atoms with E-state index in [4.69, 9.17) is 5.26 Å². The van der Waals surface area contributed by atoms with Gasteiger partial charge in [-0.3, -0.25) is 14.6 Å². The molecule has 120 valence electrons. The van der Waals surface area contributed by atoms with Crippen LogP contribution in [-0.4, -0.2) is 43.9 Å². The SMILES string of the molecule is CC(C)c1cc(C(=O)N2CCC(n3cc(Br)c(C#N)n3)C2)[nH]n1. The number of nitriles is 1. The van der Waals surface area contributed by atoms with E-state index in [-0.39, 0.29) is 17.9 Å². The summed E-state index contributed by atoms with van der Waals surface area (Å²) in [6.45, 7) is 5.32. The Hall–Kier alpha value is -2.14. The average molecular weight is 377 g/mol. The molecule has 8 heteroatoms. The molecule has 2 aromatic rings. The van der Waals surface area contributed by atoms with Crippen molar-refractivity contribution in [1.29, 1.82) is 5.26 Å². The Balaban J connectivity index is 1.71. The highest BCUT2D eigenvalue weighted by Crippen LogP contribution is 2.25. The Kier molecular flexibility index (Phi) is 4.22. The maximum Gasteiger partial charge on any atom is 0.271 e. The molecule has 1 aliphatic rings. The standard InChI is InChI=1S/C15H17BrN6O/c1-9(2)12-5-13(19-18-12)15(23)21-4-3-10(7-21)22-8-11(16)14(6-17)20-22/h5,8-10H,3-4,7H2,1-2H3,(H,18,19). The van der Waals surface area contributed by atoms with Crippen molar-refractivity contribution in [3.8, 4) is 6.07 Å². The van der Waals surface area contributed by atoms with Crippen LogP contribution >= 0.6 is 15.9 Å². The molecule has 3 heterocycles. The highest BCUT2D eigenvalue weighted by atomic mass is 79.9. The lowest BCUT2D eigenvalue weighted by atomic mass is 10.1. The van der Waals surface area contributed by atoms with E-state index >= 15 is 0 Å². The van der Waals surface area contributed by atoms with Crippen LogP contribution in [0.3, 0.4) is 0 Å². The highest BCUT2D eigenvalue weighted by molar-refractivity contribution is 9.10. The van der Waals surface area contributed by atoms with Crippen LogP contribution in [0.2, 0.25) is 0 Å². The normalized spacial score (nSPS) is 17.7. The first-order valence-corrected chi connectivity index (χ1v) is 8.28. The van der Waals surface area contributed by atoms with Gasteiger partial charge in [0, 0.05) is 19.3 Å². The molecular formula is C15H17BrN6O. The van der Waals surface area contributed by atoms with Crippen molar-refractivity contribution in [2.45, 2.75) is 32.2 Å². The van der Waals surface area contributed by atoms with Crippen molar-refractivity contribution < 1.29 is 4.79 Å². The zero-order chi connectivity index (χ0) is 16.6. The molecule has 1 N–H and O–H groups in total. The van der Waals surface area contributed by atoms with Crippen molar-refractivity contribution in [3.63, 3.8) is 0 Å². The fourth-order valence-electron chi connectivity index (χ4n) is 2.69. The number of H-pyrrole nitrogens is 1. The number of hydrogen-bond acceptors (Lipinski definition) is 4. The Bertz CT molecular complexity index is 771. The first-order valence-electron chi connectivity index (χ1n) is 7.49. The molecule has 1 atom stereocenters. The number of rotatable bonds is 3. The summed E-state index contributed by atoms with van der Waals surface area (Å²) in [5.41, 5.74) is 1.78. The number of nitrogens with zero attached hydrogens (tertiary/aromatic N) is 5. The second kappa shape index (κ2) is 6.16. The largest absolute Gasteiger partial charge is 0.335 e. The topological polar surface area (TPSA) is 90.6 Å². The summed E-state index contributed by atoms with van der Waals surface area (Å²) in [5.74, 6) is 0.239. The third-order valence-corrected chi connectivity index (χ3v) is 4.62. The van der Waals surface area contributed by atoms with E-state index in [2.05, 4.69) is 31.2 Å². The van der Waals surface area contributed by atoms with Gasteiger partial charge in [-0.25, -0.2) is 0 Å². The lowest BCUT2D eigenvalue weighted by Crippen LogP contribution is -2.29. The third kappa shape index (κ3) is 3.01. The number of carbonyl (C=O) groups is 1. The molecule has 1 unspecified atom stereocenters. The lowest BCUT2D eigenvalue weighted by Gasteiger charge is -2.15.